The number of ether oxygens (including phenoxy) is 1. The quantitative estimate of drug-likeness (QED) is 0.559. The van der Waals surface area contributed by atoms with Crippen LogP contribution in [0.25, 0.3) is 16.7 Å². The van der Waals surface area contributed by atoms with Crippen LogP contribution in [0.15, 0.2) is 61.2 Å². The van der Waals surface area contributed by atoms with Crippen molar-refractivity contribution in [2.24, 2.45) is 5.73 Å². The number of nitrogens with two attached hydrogens (primary N) is 1. The molecule has 0 amide bonds. The van der Waals surface area contributed by atoms with Crippen molar-refractivity contribution in [3.05, 3.63) is 78.1 Å². The summed E-state index contributed by atoms with van der Waals surface area (Å²) in [4.78, 5) is 11.8. The highest BCUT2D eigenvalue weighted by molar-refractivity contribution is 5.78. The average Bonchev–Trinajstić information content (AvgIpc) is 3.35. The zero-order valence-corrected chi connectivity index (χ0v) is 14.6. The summed E-state index contributed by atoms with van der Waals surface area (Å²) in [7, 11) is 0. The molecule has 2 heterocycles. The Balaban J connectivity index is 1.56. The van der Waals surface area contributed by atoms with E-state index in [-0.39, 0.29) is 6.10 Å². The average molecular weight is 347 g/mol. The largest absolute Gasteiger partial charge is 0.366 e. The van der Waals surface area contributed by atoms with Crippen molar-refractivity contribution >= 4 is 11.0 Å². The molecule has 2 aromatic heterocycles. The Labute approximate surface area is 151 Å². The minimum atomic E-state index is -0.0857. The minimum absolute atomic E-state index is 0.0857. The Morgan fingerprint density at radius 2 is 2.08 bits per heavy atom. The van der Waals surface area contributed by atoms with Gasteiger partial charge in [-0.25, -0.2) is 9.97 Å². The number of aromatic amines is 1. The maximum atomic E-state index is 5.93. The lowest BCUT2D eigenvalue weighted by atomic mass is 10.2. The van der Waals surface area contributed by atoms with E-state index in [1.165, 1.54) is 0 Å². The predicted octanol–water partition coefficient (Wildman–Crippen LogP) is 3.49. The molecule has 6 heteroatoms. The van der Waals surface area contributed by atoms with Crippen LogP contribution in [0.2, 0.25) is 0 Å². The van der Waals surface area contributed by atoms with E-state index in [9.17, 15) is 0 Å². The van der Waals surface area contributed by atoms with Crippen molar-refractivity contribution < 1.29 is 4.74 Å². The van der Waals surface area contributed by atoms with Gasteiger partial charge in [-0.3, -0.25) is 4.57 Å². The van der Waals surface area contributed by atoms with Crippen molar-refractivity contribution in [1.29, 1.82) is 0 Å². The molecule has 26 heavy (non-hydrogen) atoms. The highest BCUT2D eigenvalue weighted by Crippen LogP contribution is 2.21. The third-order valence-electron chi connectivity index (χ3n) is 4.44. The molecule has 4 aromatic rings. The molecule has 0 bridgehead atoms. The van der Waals surface area contributed by atoms with Crippen LogP contribution in [0, 0.1) is 0 Å². The van der Waals surface area contributed by atoms with E-state index in [1.807, 2.05) is 31.5 Å². The van der Waals surface area contributed by atoms with Crippen molar-refractivity contribution in [2.75, 3.05) is 0 Å². The SMILES string of the molecule is CC(OCc1cccc(-n2cnc3cc(CN)ccc32)c1)c1ncc[nH]1. The Hall–Kier alpha value is -2.96. The van der Waals surface area contributed by atoms with Gasteiger partial charge in [-0.1, -0.05) is 18.2 Å². The lowest BCUT2D eigenvalue weighted by Crippen LogP contribution is -2.03. The third kappa shape index (κ3) is 3.24. The normalized spacial score (nSPS) is 12.5. The second-order valence-electron chi connectivity index (χ2n) is 6.24. The van der Waals surface area contributed by atoms with Gasteiger partial charge >= 0.3 is 0 Å². The number of benzene rings is 2. The molecule has 0 spiro atoms. The van der Waals surface area contributed by atoms with Crippen LogP contribution >= 0.6 is 0 Å². The van der Waals surface area contributed by atoms with Crippen LogP contribution < -0.4 is 5.73 Å². The number of H-pyrrole nitrogens is 1. The van der Waals surface area contributed by atoms with E-state index in [0.717, 1.165) is 33.7 Å². The number of hydrogen-bond donors (Lipinski definition) is 2. The van der Waals surface area contributed by atoms with Crippen LogP contribution in [0.1, 0.15) is 30.0 Å². The maximum absolute atomic E-state index is 5.93. The zero-order valence-electron chi connectivity index (χ0n) is 14.6. The van der Waals surface area contributed by atoms with E-state index in [2.05, 4.69) is 43.8 Å². The molecule has 1 unspecified atom stereocenters. The molecule has 6 nitrogen and oxygen atoms in total. The topological polar surface area (TPSA) is 81.8 Å². The third-order valence-corrected chi connectivity index (χ3v) is 4.44. The summed E-state index contributed by atoms with van der Waals surface area (Å²) < 4.78 is 8.01. The van der Waals surface area contributed by atoms with Crippen LogP contribution in [-0.4, -0.2) is 19.5 Å². The number of aromatic nitrogens is 4. The Morgan fingerprint density at radius 1 is 1.15 bits per heavy atom. The van der Waals surface area contributed by atoms with Gasteiger partial charge in [0.25, 0.3) is 0 Å². The van der Waals surface area contributed by atoms with Gasteiger partial charge < -0.3 is 15.5 Å². The first-order valence-electron chi connectivity index (χ1n) is 8.61. The van der Waals surface area contributed by atoms with Gasteiger partial charge in [0.1, 0.15) is 18.3 Å². The fourth-order valence-electron chi connectivity index (χ4n) is 2.99. The summed E-state index contributed by atoms with van der Waals surface area (Å²) in [5.74, 6) is 0.831. The molecule has 0 saturated heterocycles. The lowest BCUT2D eigenvalue weighted by Gasteiger charge is -2.12. The number of nitrogens with zero attached hydrogens (tertiary/aromatic N) is 3. The monoisotopic (exact) mass is 347 g/mol. The van der Waals surface area contributed by atoms with Gasteiger partial charge in [0.2, 0.25) is 0 Å². The van der Waals surface area contributed by atoms with E-state index in [0.29, 0.717) is 13.2 Å². The summed E-state index contributed by atoms with van der Waals surface area (Å²) >= 11 is 0. The zero-order chi connectivity index (χ0) is 17.9. The van der Waals surface area contributed by atoms with Crippen molar-refractivity contribution in [3.63, 3.8) is 0 Å². The predicted molar refractivity (Wildman–Crippen MR) is 101 cm³/mol. The molecule has 0 aliphatic carbocycles. The second kappa shape index (κ2) is 7.11. The van der Waals surface area contributed by atoms with Gasteiger partial charge in [-0.15, -0.1) is 0 Å². The number of fused-ring (bicyclic) bond motifs is 1. The van der Waals surface area contributed by atoms with Crippen molar-refractivity contribution in [1.82, 2.24) is 19.5 Å². The van der Waals surface area contributed by atoms with E-state index in [4.69, 9.17) is 10.5 Å². The molecule has 3 N–H and O–H groups in total. The van der Waals surface area contributed by atoms with Crippen LogP contribution in [0.3, 0.4) is 0 Å². The molecule has 0 fully saturated rings. The highest BCUT2D eigenvalue weighted by Gasteiger charge is 2.09. The highest BCUT2D eigenvalue weighted by atomic mass is 16.5. The first-order valence-corrected chi connectivity index (χ1v) is 8.61. The van der Waals surface area contributed by atoms with Gasteiger partial charge in [-0.2, -0.15) is 0 Å². The fraction of sp³-hybridized carbons (Fsp3) is 0.200. The Morgan fingerprint density at radius 3 is 2.88 bits per heavy atom. The molecule has 0 saturated carbocycles. The first-order chi connectivity index (χ1) is 12.7. The maximum Gasteiger partial charge on any atom is 0.135 e. The molecule has 132 valence electrons. The first kappa shape index (κ1) is 16.5. The molecular weight excluding hydrogens is 326 g/mol. The smallest absolute Gasteiger partial charge is 0.135 e. The summed E-state index contributed by atoms with van der Waals surface area (Å²) in [6.07, 6.45) is 5.29. The van der Waals surface area contributed by atoms with Gasteiger partial charge in [0, 0.05) is 24.6 Å². The number of nitrogens with one attached hydrogen (secondary N) is 1. The molecule has 0 aliphatic rings. The number of imidazole rings is 2. The Kier molecular flexibility index (Phi) is 4.51. The van der Waals surface area contributed by atoms with E-state index < -0.39 is 0 Å². The van der Waals surface area contributed by atoms with Gasteiger partial charge in [0.15, 0.2) is 0 Å². The molecule has 2 aromatic carbocycles. The van der Waals surface area contributed by atoms with Gasteiger partial charge in [-0.05, 0) is 42.3 Å². The fourth-order valence-corrected chi connectivity index (χ4v) is 2.99. The molecule has 4 rings (SSSR count). The molecule has 0 aliphatic heterocycles. The van der Waals surface area contributed by atoms with E-state index >= 15 is 0 Å². The molecule has 0 radical (unpaired) electrons. The summed E-state index contributed by atoms with van der Waals surface area (Å²) in [6.45, 7) is 3.02. The number of hydrogen-bond acceptors (Lipinski definition) is 4. The second-order valence-corrected chi connectivity index (χ2v) is 6.24. The Bertz CT molecular complexity index is 1010. The van der Waals surface area contributed by atoms with Crippen LogP contribution in [0.4, 0.5) is 0 Å². The molecular formula is C20H21N5O. The molecule has 1 atom stereocenters. The van der Waals surface area contributed by atoms with Crippen LogP contribution in [-0.2, 0) is 17.9 Å². The minimum Gasteiger partial charge on any atom is -0.366 e. The summed E-state index contributed by atoms with van der Waals surface area (Å²) in [5.41, 5.74) is 11.0. The van der Waals surface area contributed by atoms with E-state index in [1.54, 1.807) is 12.4 Å². The van der Waals surface area contributed by atoms with Gasteiger partial charge in [0.05, 0.1) is 17.6 Å². The summed E-state index contributed by atoms with van der Waals surface area (Å²) in [5, 5.41) is 0. The lowest BCUT2D eigenvalue weighted by molar-refractivity contribution is 0.0473. The standard InChI is InChI=1S/C20H21N5O/c1-14(20-22-7-8-23-20)26-12-16-3-2-4-17(9-16)25-13-24-18-10-15(11-21)5-6-19(18)25/h2-10,13-14H,11-12,21H2,1H3,(H,22,23). The summed E-state index contributed by atoms with van der Waals surface area (Å²) in [6, 6.07) is 14.4. The van der Waals surface area contributed by atoms with Crippen molar-refractivity contribution in [3.8, 4) is 5.69 Å². The van der Waals surface area contributed by atoms with Crippen molar-refractivity contribution in [2.45, 2.75) is 26.2 Å². The number of rotatable bonds is 6. The van der Waals surface area contributed by atoms with Crippen LogP contribution in [0.5, 0.6) is 0 Å².